The van der Waals surface area contributed by atoms with Crippen molar-refractivity contribution in [3.05, 3.63) is 35.4 Å². The van der Waals surface area contributed by atoms with Gasteiger partial charge in [-0.2, -0.15) is 0 Å². The number of Topliss-reactive ketones (excluding diaryl/α,β-unsaturated/α-hetero) is 1. The van der Waals surface area contributed by atoms with Crippen molar-refractivity contribution in [2.45, 2.75) is 64.5 Å². The average Bonchev–Trinajstić information content (AvgIpc) is 2.69. The molecule has 1 aromatic carbocycles. The van der Waals surface area contributed by atoms with Gasteiger partial charge in [0.1, 0.15) is 11.8 Å². The number of hydrogen-bond acceptors (Lipinski definition) is 5. The highest BCUT2D eigenvalue weighted by molar-refractivity contribution is 5.87. The third-order valence-corrected chi connectivity index (χ3v) is 5.17. The number of nitrogens with two attached hydrogens (primary N) is 1. The molecule has 2 atom stereocenters. The molecule has 0 aromatic heterocycles. The van der Waals surface area contributed by atoms with Gasteiger partial charge < -0.3 is 16.4 Å². The van der Waals surface area contributed by atoms with Crippen molar-refractivity contribution in [3.63, 3.8) is 0 Å². The first-order valence-electron chi connectivity index (χ1n) is 10.7. The van der Waals surface area contributed by atoms with Crippen LogP contribution in [-0.4, -0.2) is 61.8 Å². The number of amides is 2. The fourth-order valence-electron chi connectivity index (χ4n) is 3.33. The molecule has 0 aliphatic carbocycles. The van der Waals surface area contributed by atoms with Crippen LogP contribution in [0.2, 0.25) is 0 Å². The molecular weight excluding hydrogens is 380 g/mol. The number of carbonyl (C=O) groups excluding carboxylic acids is 3. The number of nitrogens with one attached hydrogen (secondary N) is 2. The number of unbranched alkanes of at least 4 members (excludes halogenated alkanes) is 1. The van der Waals surface area contributed by atoms with E-state index in [2.05, 4.69) is 34.9 Å². The van der Waals surface area contributed by atoms with Crippen molar-refractivity contribution in [2.24, 2.45) is 5.73 Å². The Morgan fingerprint density at radius 2 is 1.73 bits per heavy atom. The zero-order valence-electron chi connectivity index (χ0n) is 18.9. The summed E-state index contributed by atoms with van der Waals surface area (Å²) >= 11 is 0. The number of aryl methyl sites for hydroxylation is 2. The van der Waals surface area contributed by atoms with Crippen molar-refractivity contribution < 1.29 is 14.4 Å². The molecule has 0 aliphatic heterocycles. The number of hydrogen-bond donors (Lipinski definition) is 3. The first-order valence-corrected chi connectivity index (χ1v) is 10.7. The van der Waals surface area contributed by atoms with Gasteiger partial charge in [-0.15, -0.1) is 0 Å². The topological polar surface area (TPSA) is 105 Å². The first kappa shape index (κ1) is 25.8. The Morgan fingerprint density at radius 3 is 2.30 bits per heavy atom. The maximum Gasteiger partial charge on any atom is 0.243 e. The Balaban J connectivity index is 2.27. The number of carbonyl (C=O) groups is 3. The third kappa shape index (κ3) is 9.98. The minimum Gasteiger partial charge on any atom is -0.354 e. The highest BCUT2D eigenvalue weighted by atomic mass is 16.2. The van der Waals surface area contributed by atoms with Crippen molar-refractivity contribution in [3.8, 4) is 0 Å². The van der Waals surface area contributed by atoms with E-state index < -0.39 is 6.04 Å². The number of ketones is 1. The van der Waals surface area contributed by atoms with Crippen LogP contribution in [0.4, 0.5) is 0 Å². The maximum absolute atomic E-state index is 12.3. The first-order chi connectivity index (χ1) is 14.2. The van der Waals surface area contributed by atoms with Crippen molar-refractivity contribution in [1.29, 1.82) is 0 Å². The fourth-order valence-corrected chi connectivity index (χ4v) is 3.33. The maximum atomic E-state index is 12.3. The molecule has 0 saturated carbocycles. The highest BCUT2D eigenvalue weighted by Gasteiger charge is 2.19. The van der Waals surface area contributed by atoms with E-state index in [-0.39, 0.29) is 30.2 Å². The van der Waals surface area contributed by atoms with E-state index in [4.69, 9.17) is 5.73 Å². The van der Waals surface area contributed by atoms with Gasteiger partial charge in [0.2, 0.25) is 11.8 Å². The van der Waals surface area contributed by atoms with Crippen LogP contribution in [0.25, 0.3) is 0 Å². The SMILES string of the molecule is CC(=O)C(CCCCNC(=O)C(CN)NC(=O)CCCc1ccc(C)cc1)N(C)C. The van der Waals surface area contributed by atoms with Gasteiger partial charge in [0.25, 0.3) is 0 Å². The summed E-state index contributed by atoms with van der Waals surface area (Å²) < 4.78 is 0. The van der Waals surface area contributed by atoms with E-state index in [0.717, 1.165) is 32.1 Å². The summed E-state index contributed by atoms with van der Waals surface area (Å²) in [6.45, 7) is 4.20. The predicted octanol–water partition coefficient (Wildman–Crippen LogP) is 1.57. The Hall–Kier alpha value is -2.25. The lowest BCUT2D eigenvalue weighted by Crippen LogP contribution is -2.51. The third-order valence-electron chi connectivity index (χ3n) is 5.17. The van der Waals surface area contributed by atoms with Crippen LogP contribution < -0.4 is 16.4 Å². The molecule has 0 aliphatic rings. The lowest BCUT2D eigenvalue weighted by atomic mass is 10.1. The second-order valence-corrected chi connectivity index (χ2v) is 8.07. The van der Waals surface area contributed by atoms with Crippen LogP contribution in [0.3, 0.4) is 0 Å². The van der Waals surface area contributed by atoms with E-state index in [0.29, 0.717) is 13.0 Å². The van der Waals surface area contributed by atoms with E-state index in [9.17, 15) is 14.4 Å². The summed E-state index contributed by atoms with van der Waals surface area (Å²) in [5, 5.41) is 5.55. The molecule has 7 heteroatoms. The number of rotatable bonds is 14. The van der Waals surface area contributed by atoms with Crippen molar-refractivity contribution in [2.75, 3.05) is 27.2 Å². The van der Waals surface area contributed by atoms with E-state index in [1.165, 1.54) is 11.1 Å². The Kier molecular flexibility index (Phi) is 11.9. The molecular formula is C23H38N4O3. The second-order valence-electron chi connectivity index (χ2n) is 8.07. The minimum atomic E-state index is -0.719. The smallest absolute Gasteiger partial charge is 0.243 e. The molecule has 168 valence electrons. The molecule has 1 aromatic rings. The normalized spacial score (nSPS) is 13.0. The molecule has 0 bridgehead atoms. The van der Waals surface area contributed by atoms with E-state index in [1.54, 1.807) is 6.92 Å². The summed E-state index contributed by atoms with van der Waals surface area (Å²) in [7, 11) is 3.78. The van der Waals surface area contributed by atoms with Gasteiger partial charge in [-0.25, -0.2) is 0 Å². The van der Waals surface area contributed by atoms with Crippen LogP contribution in [0.5, 0.6) is 0 Å². The Labute approximate surface area is 180 Å². The van der Waals surface area contributed by atoms with Crippen molar-refractivity contribution in [1.82, 2.24) is 15.5 Å². The molecule has 1 rings (SSSR count). The summed E-state index contributed by atoms with van der Waals surface area (Å²) in [5.41, 5.74) is 8.08. The lowest BCUT2D eigenvalue weighted by Gasteiger charge is -2.21. The van der Waals surface area contributed by atoms with Crippen molar-refractivity contribution >= 4 is 17.6 Å². The molecule has 0 spiro atoms. The standard InChI is InChI=1S/C23H38N4O3/c1-17-11-13-19(14-12-17)8-7-10-22(29)26-20(16-24)23(30)25-15-6-5-9-21(18(2)28)27(3)4/h11-14,20-21H,5-10,15-16,24H2,1-4H3,(H,25,30)(H,26,29). The predicted molar refractivity (Wildman–Crippen MR) is 120 cm³/mol. The largest absolute Gasteiger partial charge is 0.354 e. The van der Waals surface area contributed by atoms with Crippen LogP contribution >= 0.6 is 0 Å². The van der Waals surface area contributed by atoms with Gasteiger partial charge in [-0.05, 0) is 65.6 Å². The van der Waals surface area contributed by atoms with Crippen LogP contribution in [0, 0.1) is 6.92 Å². The molecule has 0 heterocycles. The number of likely N-dealkylation sites (N-methyl/N-ethyl adjacent to an activating group) is 1. The molecule has 0 radical (unpaired) electrons. The minimum absolute atomic E-state index is 0.0581. The highest BCUT2D eigenvalue weighted by Crippen LogP contribution is 2.08. The Bertz CT molecular complexity index is 674. The molecule has 30 heavy (non-hydrogen) atoms. The molecule has 0 saturated heterocycles. The number of benzene rings is 1. The quantitative estimate of drug-likeness (QED) is 0.398. The summed E-state index contributed by atoms with van der Waals surface area (Å²) in [6, 6.07) is 7.46. The Morgan fingerprint density at radius 1 is 1.07 bits per heavy atom. The second kappa shape index (κ2) is 13.9. The summed E-state index contributed by atoms with van der Waals surface area (Å²) in [4.78, 5) is 37.9. The zero-order chi connectivity index (χ0) is 22.5. The molecule has 7 nitrogen and oxygen atoms in total. The monoisotopic (exact) mass is 418 g/mol. The summed E-state index contributed by atoms with van der Waals surface area (Å²) in [5.74, 6) is -0.277. The molecule has 2 amide bonds. The average molecular weight is 419 g/mol. The zero-order valence-corrected chi connectivity index (χ0v) is 18.9. The van der Waals surface area contributed by atoms with Gasteiger partial charge in [-0.1, -0.05) is 29.8 Å². The fraction of sp³-hybridized carbons (Fsp3) is 0.609. The van der Waals surface area contributed by atoms with Gasteiger partial charge in [0, 0.05) is 19.5 Å². The van der Waals surface area contributed by atoms with Crippen LogP contribution in [0.1, 0.15) is 50.2 Å². The molecule has 0 fully saturated rings. The van der Waals surface area contributed by atoms with Gasteiger partial charge in [-0.3, -0.25) is 19.3 Å². The lowest BCUT2D eigenvalue weighted by molar-refractivity contribution is -0.128. The molecule has 4 N–H and O–H groups in total. The van der Waals surface area contributed by atoms with Gasteiger partial charge in [0.15, 0.2) is 0 Å². The molecule has 2 unspecified atom stereocenters. The van der Waals surface area contributed by atoms with Gasteiger partial charge in [0.05, 0.1) is 6.04 Å². The van der Waals surface area contributed by atoms with E-state index in [1.807, 2.05) is 25.9 Å². The van der Waals surface area contributed by atoms with E-state index >= 15 is 0 Å². The van der Waals surface area contributed by atoms with Crippen LogP contribution in [-0.2, 0) is 20.8 Å². The van der Waals surface area contributed by atoms with Gasteiger partial charge >= 0.3 is 0 Å². The number of nitrogens with zero attached hydrogens (tertiary/aromatic N) is 1. The van der Waals surface area contributed by atoms with Crippen LogP contribution in [0.15, 0.2) is 24.3 Å². The summed E-state index contributed by atoms with van der Waals surface area (Å²) in [6.07, 6.45) is 4.26.